The minimum Gasteiger partial charge on any atom is -0.509 e. The quantitative estimate of drug-likeness (QED) is 0.289. The second kappa shape index (κ2) is 3.51. The molecule has 1 heterocycles. The number of aliphatic hydroxyl groups is 1. The van der Waals surface area contributed by atoms with Crippen molar-refractivity contribution in [2.45, 2.75) is 0 Å². The van der Waals surface area contributed by atoms with E-state index >= 15 is 0 Å². The molecule has 0 saturated heterocycles. The van der Waals surface area contributed by atoms with E-state index in [2.05, 4.69) is 0 Å². The van der Waals surface area contributed by atoms with Gasteiger partial charge in [0, 0.05) is 12.1 Å². The zero-order valence-electron chi connectivity index (χ0n) is 5.84. The molecule has 3 nitrogen and oxygen atoms in total. The zero-order chi connectivity index (χ0) is 8.10. The monoisotopic (exact) mass is 150 g/mol. The van der Waals surface area contributed by atoms with E-state index < -0.39 is 0 Å². The second-order valence-corrected chi connectivity index (χ2v) is 1.95. The molecule has 1 rings (SSSR count). The van der Waals surface area contributed by atoms with Crippen LogP contribution in [0.2, 0.25) is 0 Å². The third-order valence-electron chi connectivity index (χ3n) is 1.27. The van der Waals surface area contributed by atoms with Crippen LogP contribution in [-0.4, -0.2) is 11.4 Å². The van der Waals surface area contributed by atoms with E-state index in [4.69, 9.17) is 5.11 Å². The van der Waals surface area contributed by atoms with Crippen LogP contribution in [0.1, 0.15) is 0 Å². The number of allylic oxidation sites excluding steroid dienone is 1. The van der Waals surface area contributed by atoms with Crippen LogP contribution in [0.5, 0.6) is 0 Å². The van der Waals surface area contributed by atoms with Gasteiger partial charge in [-0.05, 0) is 0 Å². The van der Waals surface area contributed by atoms with Crippen molar-refractivity contribution in [3.05, 3.63) is 36.9 Å². The van der Waals surface area contributed by atoms with Gasteiger partial charge in [0.15, 0.2) is 18.7 Å². The molecule has 0 bridgehead atoms. The first-order valence-corrected chi connectivity index (χ1v) is 3.14. The predicted octanol–water partition coefficient (Wildman–Crippen LogP) is 0.529. The van der Waals surface area contributed by atoms with E-state index in [-0.39, 0.29) is 5.70 Å². The second-order valence-electron chi connectivity index (χ2n) is 1.95. The Balaban J connectivity index is 3.01. The van der Waals surface area contributed by atoms with Crippen molar-refractivity contribution in [2.24, 2.45) is 0 Å². The molecule has 0 saturated carbocycles. The van der Waals surface area contributed by atoms with Gasteiger partial charge in [0.2, 0.25) is 6.29 Å². The number of carbonyl (C=O) groups is 1. The van der Waals surface area contributed by atoms with Crippen LogP contribution in [0, 0.1) is 0 Å². The Morgan fingerprint density at radius 3 is 2.36 bits per heavy atom. The molecule has 3 heteroatoms. The van der Waals surface area contributed by atoms with E-state index in [9.17, 15) is 4.79 Å². The first-order chi connectivity index (χ1) is 5.38. The molecule has 0 unspecified atom stereocenters. The van der Waals surface area contributed by atoms with Crippen molar-refractivity contribution in [2.75, 3.05) is 0 Å². The lowest BCUT2D eigenvalue weighted by Crippen LogP contribution is -2.31. The maximum Gasteiger partial charge on any atom is 0.285 e. The van der Waals surface area contributed by atoms with Gasteiger partial charge in [-0.1, -0.05) is 6.07 Å². The number of aromatic nitrogens is 1. The van der Waals surface area contributed by atoms with E-state index in [0.29, 0.717) is 6.29 Å². The topological polar surface area (TPSA) is 41.2 Å². The molecular formula is C8H8NO2+. The molecule has 11 heavy (non-hydrogen) atoms. The summed E-state index contributed by atoms with van der Waals surface area (Å²) in [7, 11) is 0. The van der Waals surface area contributed by atoms with Crippen LogP contribution in [0.25, 0.3) is 5.70 Å². The Morgan fingerprint density at radius 2 is 1.91 bits per heavy atom. The van der Waals surface area contributed by atoms with E-state index in [1.807, 2.05) is 6.07 Å². The summed E-state index contributed by atoms with van der Waals surface area (Å²) in [4.78, 5) is 10.3. The number of rotatable bonds is 2. The third kappa shape index (κ3) is 1.64. The van der Waals surface area contributed by atoms with Gasteiger partial charge in [-0.2, -0.15) is 4.57 Å². The van der Waals surface area contributed by atoms with E-state index in [0.717, 1.165) is 6.26 Å². The highest BCUT2D eigenvalue weighted by molar-refractivity contribution is 5.92. The fraction of sp³-hybridized carbons (Fsp3) is 0. The largest absolute Gasteiger partial charge is 0.509 e. The number of hydrogen-bond donors (Lipinski definition) is 1. The molecular weight excluding hydrogens is 142 g/mol. The number of carbonyl (C=O) groups excluding carboxylic acids is 1. The molecule has 0 amide bonds. The van der Waals surface area contributed by atoms with Gasteiger partial charge in [0.05, 0.1) is 0 Å². The number of pyridine rings is 1. The Morgan fingerprint density at radius 1 is 1.27 bits per heavy atom. The van der Waals surface area contributed by atoms with Crippen LogP contribution in [0.4, 0.5) is 0 Å². The summed E-state index contributed by atoms with van der Waals surface area (Å²) in [6.45, 7) is 0. The van der Waals surface area contributed by atoms with Gasteiger partial charge in [0.25, 0.3) is 5.70 Å². The van der Waals surface area contributed by atoms with Crippen molar-refractivity contribution in [1.29, 1.82) is 0 Å². The summed E-state index contributed by atoms with van der Waals surface area (Å²) < 4.78 is 1.52. The van der Waals surface area contributed by atoms with Gasteiger partial charge in [0.1, 0.15) is 0 Å². The molecule has 56 valence electrons. The number of hydrogen-bond acceptors (Lipinski definition) is 2. The molecule has 0 atom stereocenters. The van der Waals surface area contributed by atoms with Crippen molar-refractivity contribution in [3.8, 4) is 0 Å². The molecule has 1 N–H and O–H groups in total. The normalized spacial score (nSPS) is 11.1. The molecule has 0 spiro atoms. The molecule has 0 aromatic carbocycles. The van der Waals surface area contributed by atoms with Crippen LogP contribution in [0.3, 0.4) is 0 Å². The van der Waals surface area contributed by atoms with Gasteiger partial charge in [-0.25, -0.2) is 0 Å². The highest BCUT2D eigenvalue weighted by Gasteiger charge is 2.05. The standard InChI is InChI=1S/C8H7NO2/c10-6-8(7-11)9-4-2-1-3-5-9/h1-7H/p+1. The highest BCUT2D eigenvalue weighted by Crippen LogP contribution is 1.85. The SMILES string of the molecule is O=C/C(=C\O)[n+]1ccccc1. The summed E-state index contributed by atoms with van der Waals surface area (Å²) in [5.74, 6) is 0. The van der Waals surface area contributed by atoms with Gasteiger partial charge >= 0.3 is 0 Å². The maximum atomic E-state index is 10.3. The minimum absolute atomic E-state index is 0.214. The fourth-order valence-corrected chi connectivity index (χ4v) is 0.729. The highest BCUT2D eigenvalue weighted by atomic mass is 16.2. The van der Waals surface area contributed by atoms with Crippen molar-refractivity contribution in [1.82, 2.24) is 0 Å². The Hall–Kier alpha value is -1.64. The number of aliphatic hydroxyl groups excluding tert-OH is 1. The lowest BCUT2D eigenvalue weighted by atomic mass is 10.4. The first kappa shape index (κ1) is 7.47. The predicted molar refractivity (Wildman–Crippen MR) is 39.6 cm³/mol. The molecule has 0 fully saturated rings. The summed E-state index contributed by atoms with van der Waals surface area (Å²) in [5.41, 5.74) is 0.214. The maximum absolute atomic E-state index is 10.3. The Labute approximate surface area is 64.2 Å². The van der Waals surface area contributed by atoms with Gasteiger partial charge < -0.3 is 5.11 Å². The average Bonchev–Trinajstić information content (AvgIpc) is 2.09. The van der Waals surface area contributed by atoms with E-state index in [1.165, 1.54) is 4.57 Å². The summed E-state index contributed by atoms with van der Waals surface area (Å²) in [6.07, 6.45) is 4.71. The van der Waals surface area contributed by atoms with Crippen LogP contribution < -0.4 is 4.57 Å². The summed E-state index contributed by atoms with van der Waals surface area (Å²) >= 11 is 0. The average molecular weight is 150 g/mol. The minimum atomic E-state index is 0.214. The van der Waals surface area contributed by atoms with Gasteiger partial charge in [-0.3, -0.25) is 4.79 Å². The zero-order valence-corrected chi connectivity index (χ0v) is 5.84. The van der Waals surface area contributed by atoms with Crippen molar-refractivity contribution >= 4 is 12.0 Å². The lowest BCUT2D eigenvalue weighted by molar-refractivity contribution is -0.577. The van der Waals surface area contributed by atoms with Gasteiger partial charge in [-0.15, -0.1) is 0 Å². The van der Waals surface area contributed by atoms with Crippen LogP contribution in [0.15, 0.2) is 36.9 Å². The first-order valence-electron chi connectivity index (χ1n) is 3.14. The Bertz CT molecular complexity index is 267. The molecule has 0 radical (unpaired) electrons. The smallest absolute Gasteiger partial charge is 0.285 e. The Kier molecular flexibility index (Phi) is 2.38. The van der Waals surface area contributed by atoms with E-state index in [1.54, 1.807) is 24.5 Å². The fourth-order valence-electron chi connectivity index (χ4n) is 0.729. The van der Waals surface area contributed by atoms with Crippen LogP contribution in [-0.2, 0) is 4.79 Å². The molecule has 1 aromatic rings. The molecule has 1 aromatic heterocycles. The number of aldehydes is 1. The third-order valence-corrected chi connectivity index (χ3v) is 1.27. The van der Waals surface area contributed by atoms with Crippen LogP contribution >= 0.6 is 0 Å². The summed E-state index contributed by atoms with van der Waals surface area (Å²) in [6, 6.07) is 5.37. The van der Waals surface area contributed by atoms with Crippen molar-refractivity contribution < 1.29 is 14.5 Å². The molecule has 0 aliphatic heterocycles. The van der Waals surface area contributed by atoms with Crippen molar-refractivity contribution in [3.63, 3.8) is 0 Å². The lowest BCUT2D eigenvalue weighted by Gasteiger charge is -1.88. The summed E-state index contributed by atoms with van der Waals surface area (Å²) in [5, 5.41) is 8.57. The molecule has 0 aliphatic rings. The number of nitrogens with zero attached hydrogens (tertiary/aromatic N) is 1. The molecule has 0 aliphatic carbocycles.